The molecule has 0 bridgehead atoms. The molecule has 1 N–H and O–H groups in total. The highest BCUT2D eigenvalue weighted by Gasteiger charge is 1.97. The molecule has 0 aliphatic heterocycles. The van der Waals surface area contributed by atoms with Crippen LogP contribution in [0.15, 0.2) is 48.5 Å². The Bertz CT molecular complexity index is 573. The van der Waals surface area contributed by atoms with E-state index in [9.17, 15) is 4.39 Å². The largest absolute Gasteiger partial charge is 0.385 e. The molecule has 0 aromatic heterocycles. The molecule has 0 spiro atoms. The summed E-state index contributed by atoms with van der Waals surface area (Å²) in [4.78, 5) is 0. The van der Waals surface area contributed by atoms with Gasteiger partial charge in [0.05, 0.1) is 11.6 Å². The first-order chi connectivity index (χ1) is 8.78. The van der Waals surface area contributed by atoms with Crippen molar-refractivity contribution in [1.29, 1.82) is 5.26 Å². The summed E-state index contributed by atoms with van der Waals surface area (Å²) in [6.45, 7) is 0.707. The van der Waals surface area contributed by atoms with Crippen molar-refractivity contribution in [2.75, 3.05) is 11.9 Å². The molecule has 0 amide bonds. The number of benzene rings is 2. The first kappa shape index (κ1) is 12.1. The second kappa shape index (κ2) is 5.83. The number of halogens is 1. The maximum absolute atomic E-state index is 13.0. The van der Waals surface area contributed by atoms with Crippen molar-refractivity contribution in [1.82, 2.24) is 0 Å². The van der Waals surface area contributed by atoms with Crippen molar-refractivity contribution >= 4 is 5.69 Å². The lowest BCUT2D eigenvalue weighted by atomic mass is 10.1. The predicted molar refractivity (Wildman–Crippen MR) is 69.8 cm³/mol. The van der Waals surface area contributed by atoms with E-state index >= 15 is 0 Å². The minimum atomic E-state index is -0.209. The van der Waals surface area contributed by atoms with E-state index in [1.54, 1.807) is 18.2 Å². The van der Waals surface area contributed by atoms with Gasteiger partial charge in [-0.15, -0.1) is 0 Å². The van der Waals surface area contributed by atoms with Gasteiger partial charge in [0.1, 0.15) is 5.82 Å². The monoisotopic (exact) mass is 240 g/mol. The predicted octanol–water partition coefficient (Wildman–Crippen LogP) is 3.35. The van der Waals surface area contributed by atoms with Crippen LogP contribution in [0.1, 0.15) is 11.1 Å². The molecule has 0 saturated heterocycles. The number of rotatable bonds is 4. The van der Waals surface area contributed by atoms with Crippen LogP contribution in [-0.4, -0.2) is 6.54 Å². The summed E-state index contributed by atoms with van der Waals surface area (Å²) in [6, 6.07) is 16.0. The van der Waals surface area contributed by atoms with Crippen molar-refractivity contribution < 1.29 is 4.39 Å². The molecule has 18 heavy (non-hydrogen) atoms. The summed E-state index contributed by atoms with van der Waals surface area (Å²) >= 11 is 0. The Hall–Kier alpha value is -2.34. The SMILES string of the molecule is N#Cc1cccc(NCCc2cccc(F)c2)c1. The van der Waals surface area contributed by atoms with Crippen LogP contribution in [0.2, 0.25) is 0 Å². The van der Waals surface area contributed by atoms with Gasteiger partial charge in [0, 0.05) is 12.2 Å². The third-order valence-corrected chi connectivity index (χ3v) is 2.62. The number of nitrogens with one attached hydrogen (secondary N) is 1. The molecule has 0 aliphatic carbocycles. The maximum Gasteiger partial charge on any atom is 0.123 e. The van der Waals surface area contributed by atoms with Crippen LogP contribution >= 0.6 is 0 Å². The van der Waals surface area contributed by atoms with Crippen LogP contribution in [0, 0.1) is 17.1 Å². The fourth-order valence-corrected chi connectivity index (χ4v) is 1.74. The Morgan fingerprint density at radius 3 is 2.72 bits per heavy atom. The van der Waals surface area contributed by atoms with E-state index in [0.29, 0.717) is 12.1 Å². The Balaban J connectivity index is 1.90. The fraction of sp³-hybridized carbons (Fsp3) is 0.133. The number of anilines is 1. The lowest BCUT2D eigenvalue weighted by Gasteiger charge is -2.06. The Morgan fingerprint density at radius 2 is 1.94 bits per heavy atom. The van der Waals surface area contributed by atoms with Crippen molar-refractivity contribution in [3.05, 3.63) is 65.5 Å². The Morgan fingerprint density at radius 1 is 1.11 bits per heavy atom. The molecule has 2 aromatic carbocycles. The minimum absolute atomic E-state index is 0.209. The van der Waals surface area contributed by atoms with Gasteiger partial charge in [-0.25, -0.2) is 4.39 Å². The molecule has 0 atom stereocenters. The summed E-state index contributed by atoms with van der Waals surface area (Å²) in [5, 5.41) is 12.0. The Labute approximate surface area is 106 Å². The van der Waals surface area contributed by atoms with Gasteiger partial charge in [-0.1, -0.05) is 18.2 Å². The van der Waals surface area contributed by atoms with E-state index in [1.165, 1.54) is 12.1 Å². The maximum atomic E-state index is 13.0. The van der Waals surface area contributed by atoms with Crippen LogP contribution in [0.3, 0.4) is 0 Å². The van der Waals surface area contributed by atoms with Gasteiger partial charge < -0.3 is 5.32 Å². The highest BCUT2D eigenvalue weighted by atomic mass is 19.1. The molecular weight excluding hydrogens is 227 g/mol. The van der Waals surface area contributed by atoms with Gasteiger partial charge in [0.15, 0.2) is 0 Å². The van der Waals surface area contributed by atoms with Crippen molar-refractivity contribution in [3.8, 4) is 6.07 Å². The second-order valence-electron chi connectivity index (χ2n) is 4.00. The fourth-order valence-electron chi connectivity index (χ4n) is 1.74. The van der Waals surface area contributed by atoms with E-state index < -0.39 is 0 Å². The average Bonchev–Trinajstić information content (AvgIpc) is 2.39. The topological polar surface area (TPSA) is 35.8 Å². The number of hydrogen-bond donors (Lipinski definition) is 1. The van der Waals surface area contributed by atoms with E-state index in [0.717, 1.165) is 17.7 Å². The lowest BCUT2D eigenvalue weighted by molar-refractivity contribution is 0.625. The van der Waals surface area contributed by atoms with Crippen molar-refractivity contribution in [3.63, 3.8) is 0 Å². The van der Waals surface area contributed by atoms with E-state index in [1.807, 2.05) is 18.2 Å². The number of hydrogen-bond acceptors (Lipinski definition) is 2. The normalized spacial score (nSPS) is 9.78. The molecule has 0 saturated carbocycles. The van der Waals surface area contributed by atoms with Crippen LogP contribution in [0.5, 0.6) is 0 Å². The molecule has 90 valence electrons. The smallest absolute Gasteiger partial charge is 0.123 e. The van der Waals surface area contributed by atoms with Gasteiger partial charge >= 0.3 is 0 Å². The third-order valence-electron chi connectivity index (χ3n) is 2.62. The van der Waals surface area contributed by atoms with Crippen molar-refractivity contribution in [2.45, 2.75) is 6.42 Å². The third kappa shape index (κ3) is 3.33. The van der Waals surface area contributed by atoms with Crippen LogP contribution < -0.4 is 5.32 Å². The average molecular weight is 240 g/mol. The van der Waals surface area contributed by atoms with Gasteiger partial charge in [-0.3, -0.25) is 0 Å². The highest BCUT2D eigenvalue weighted by Crippen LogP contribution is 2.10. The Kier molecular flexibility index (Phi) is 3.93. The zero-order chi connectivity index (χ0) is 12.8. The van der Waals surface area contributed by atoms with E-state index in [2.05, 4.69) is 11.4 Å². The molecule has 2 rings (SSSR count). The first-order valence-corrected chi connectivity index (χ1v) is 5.76. The van der Waals surface area contributed by atoms with Crippen LogP contribution in [-0.2, 0) is 6.42 Å². The van der Waals surface area contributed by atoms with E-state index in [4.69, 9.17) is 5.26 Å². The molecule has 0 unspecified atom stereocenters. The van der Waals surface area contributed by atoms with Gasteiger partial charge in [0.25, 0.3) is 0 Å². The number of nitrogens with zero attached hydrogens (tertiary/aromatic N) is 1. The van der Waals surface area contributed by atoms with Gasteiger partial charge in [0.2, 0.25) is 0 Å². The molecule has 0 fully saturated rings. The second-order valence-corrected chi connectivity index (χ2v) is 4.00. The molecule has 2 nitrogen and oxygen atoms in total. The summed E-state index contributed by atoms with van der Waals surface area (Å²) in [6.07, 6.45) is 0.745. The summed E-state index contributed by atoms with van der Waals surface area (Å²) < 4.78 is 13.0. The molecule has 0 aliphatic rings. The summed E-state index contributed by atoms with van der Waals surface area (Å²) in [5.74, 6) is -0.209. The lowest BCUT2D eigenvalue weighted by Crippen LogP contribution is -2.05. The highest BCUT2D eigenvalue weighted by molar-refractivity contribution is 5.49. The zero-order valence-corrected chi connectivity index (χ0v) is 9.86. The molecule has 0 heterocycles. The quantitative estimate of drug-likeness (QED) is 0.889. The van der Waals surface area contributed by atoms with Crippen LogP contribution in [0.25, 0.3) is 0 Å². The number of nitriles is 1. The summed E-state index contributed by atoms with van der Waals surface area (Å²) in [7, 11) is 0. The standard InChI is InChI=1S/C15H13FN2/c16-14-5-1-3-12(9-14)7-8-18-15-6-2-4-13(10-15)11-17/h1-6,9-10,18H,7-8H2. The molecular formula is C15H13FN2. The first-order valence-electron chi connectivity index (χ1n) is 5.76. The minimum Gasteiger partial charge on any atom is -0.385 e. The van der Waals surface area contributed by atoms with Crippen molar-refractivity contribution in [2.24, 2.45) is 0 Å². The molecule has 3 heteroatoms. The van der Waals surface area contributed by atoms with Crippen LogP contribution in [0.4, 0.5) is 10.1 Å². The molecule has 2 aromatic rings. The van der Waals surface area contributed by atoms with Gasteiger partial charge in [-0.2, -0.15) is 5.26 Å². The summed E-state index contributed by atoms with van der Waals surface area (Å²) in [5.41, 5.74) is 2.50. The van der Waals surface area contributed by atoms with E-state index in [-0.39, 0.29) is 5.82 Å². The zero-order valence-electron chi connectivity index (χ0n) is 9.86. The molecule has 0 radical (unpaired) electrons. The van der Waals surface area contributed by atoms with Gasteiger partial charge in [-0.05, 0) is 42.3 Å².